The van der Waals surface area contributed by atoms with Gasteiger partial charge < -0.3 is 15.3 Å². The van der Waals surface area contributed by atoms with Gasteiger partial charge >= 0.3 is 0 Å². The molecule has 0 saturated heterocycles. The van der Waals surface area contributed by atoms with Crippen molar-refractivity contribution in [1.82, 2.24) is 10.2 Å². The zero-order chi connectivity index (χ0) is 9.40. The second kappa shape index (κ2) is 7.53. The smallest absolute Gasteiger partial charge is 0.0585 e. The van der Waals surface area contributed by atoms with Crippen molar-refractivity contribution in [3.8, 4) is 0 Å². The van der Waals surface area contributed by atoms with Gasteiger partial charge in [0.25, 0.3) is 0 Å². The minimum Gasteiger partial charge on any atom is -0.395 e. The first kappa shape index (κ1) is 11.9. The molecule has 0 bridgehead atoms. The molecule has 0 aromatic rings. The lowest BCUT2D eigenvalue weighted by Gasteiger charge is -2.19. The van der Waals surface area contributed by atoms with Crippen molar-refractivity contribution in [1.29, 1.82) is 0 Å². The van der Waals surface area contributed by atoms with Crippen LogP contribution >= 0.6 is 0 Å². The average Bonchev–Trinajstić information content (AvgIpc) is 2.11. The summed E-state index contributed by atoms with van der Waals surface area (Å²) in [5, 5.41) is 12.2. The number of hydrogen-bond acceptors (Lipinski definition) is 3. The first-order chi connectivity index (χ1) is 5.74. The summed E-state index contributed by atoms with van der Waals surface area (Å²) in [5.41, 5.74) is 0. The summed E-state index contributed by atoms with van der Waals surface area (Å²) in [4.78, 5) is 2.25. The molecule has 0 fully saturated rings. The van der Waals surface area contributed by atoms with E-state index in [-0.39, 0.29) is 12.6 Å². The van der Waals surface area contributed by atoms with Crippen LogP contribution in [-0.4, -0.2) is 49.3 Å². The maximum atomic E-state index is 8.96. The Morgan fingerprint density at radius 2 is 2.08 bits per heavy atom. The molecule has 0 spiro atoms. The lowest BCUT2D eigenvalue weighted by atomic mass is 10.2. The van der Waals surface area contributed by atoms with Crippen molar-refractivity contribution < 1.29 is 5.11 Å². The van der Waals surface area contributed by atoms with Crippen LogP contribution in [0.4, 0.5) is 0 Å². The summed E-state index contributed by atoms with van der Waals surface area (Å²) in [7, 11) is 2.10. The van der Waals surface area contributed by atoms with E-state index in [1.54, 1.807) is 0 Å². The van der Waals surface area contributed by atoms with Gasteiger partial charge in [0.15, 0.2) is 0 Å². The Balaban J connectivity index is 3.43. The molecule has 0 aliphatic carbocycles. The molecule has 0 radical (unpaired) electrons. The van der Waals surface area contributed by atoms with Crippen molar-refractivity contribution in [2.45, 2.75) is 26.3 Å². The fourth-order valence-electron chi connectivity index (χ4n) is 1.08. The molecular formula is C9H22N2O. The van der Waals surface area contributed by atoms with Gasteiger partial charge in [0.2, 0.25) is 0 Å². The summed E-state index contributed by atoms with van der Waals surface area (Å²) >= 11 is 0. The monoisotopic (exact) mass is 174 g/mol. The summed E-state index contributed by atoms with van der Waals surface area (Å²) in [6.07, 6.45) is 1.02. The summed E-state index contributed by atoms with van der Waals surface area (Å²) in [5.74, 6) is 0. The van der Waals surface area contributed by atoms with Crippen LogP contribution in [0.15, 0.2) is 0 Å². The molecule has 0 heterocycles. The van der Waals surface area contributed by atoms with Gasteiger partial charge in [-0.1, -0.05) is 13.8 Å². The zero-order valence-electron chi connectivity index (χ0n) is 8.51. The van der Waals surface area contributed by atoms with Crippen LogP contribution in [0.2, 0.25) is 0 Å². The second-order valence-electron chi connectivity index (χ2n) is 3.12. The number of aliphatic hydroxyl groups excluding tert-OH is 1. The first-order valence-corrected chi connectivity index (χ1v) is 4.77. The fraction of sp³-hybridized carbons (Fsp3) is 1.00. The maximum absolute atomic E-state index is 8.96. The lowest BCUT2D eigenvalue weighted by molar-refractivity contribution is 0.221. The highest BCUT2D eigenvalue weighted by molar-refractivity contribution is 4.65. The molecule has 0 aliphatic heterocycles. The van der Waals surface area contributed by atoms with Gasteiger partial charge in [0.05, 0.1) is 6.61 Å². The third-order valence-electron chi connectivity index (χ3n) is 2.11. The third kappa shape index (κ3) is 5.52. The standard InChI is InChI=1S/C9H22N2O/c1-4-10-9(8-12)6-7-11(3)5-2/h9-10,12H,4-8H2,1-3H3. The predicted octanol–water partition coefficient (Wildman–Crippen LogP) is 0.299. The highest BCUT2D eigenvalue weighted by Crippen LogP contribution is 1.93. The maximum Gasteiger partial charge on any atom is 0.0585 e. The summed E-state index contributed by atoms with van der Waals surface area (Å²) < 4.78 is 0. The summed E-state index contributed by atoms with van der Waals surface area (Å²) in [6.45, 7) is 7.50. The Bertz CT molecular complexity index is 98.5. The van der Waals surface area contributed by atoms with Gasteiger partial charge in [-0.2, -0.15) is 0 Å². The van der Waals surface area contributed by atoms with E-state index in [1.807, 2.05) is 0 Å². The van der Waals surface area contributed by atoms with Crippen molar-refractivity contribution in [2.75, 3.05) is 33.3 Å². The number of hydrogen-bond donors (Lipinski definition) is 2. The zero-order valence-corrected chi connectivity index (χ0v) is 8.51. The molecule has 0 aromatic heterocycles. The van der Waals surface area contributed by atoms with Crippen LogP contribution in [0.25, 0.3) is 0 Å². The van der Waals surface area contributed by atoms with Crippen LogP contribution in [0.3, 0.4) is 0 Å². The Morgan fingerprint density at radius 1 is 1.42 bits per heavy atom. The fourth-order valence-corrected chi connectivity index (χ4v) is 1.08. The first-order valence-electron chi connectivity index (χ1n) is 4.77. The normalized spacial score (nSPS) is 13.8. The number of nitrogens with zero attached hydrogens (tertiary/aromatic N) is 1. The Morgan fingerprint density at radius 3 is 2.50 bits per heavy atom. The van der Waals surface area contributed by atoms with E-state index in [1.165, 1.54) is 0 Å². The number of aliphatic hydroxyl groups is 1. The van der Waals surface area contributed by atoms with Crippen molar-refractivity contribution in [3.63, 3.8) is 0 Å². The predicted molar refractivity (Wildman–Crippen MR) is 52.3 cm³/mol. The minimum atomic E-state index is 0.241. The number of nitrogens with one attached hydrogen (secondary N) is 1. The van der Waals surface area contributed by atoms with Crippen LogP contribution in [0.5, 0.6) is 0 Å². The van der Waals surface area contributed by atoms with Crippen LogP contribution in [-0.2, 0) is 0 Å². The van der Waals surface area contributed by atoms with Gasteiger partial charge in [0, 0.05) is 6.04 Å². The van der Waals surface area contributed by atoms with Gasteiger partial charge in [-0.3, -0.25) is 0 Å². The molecular weight excluding hydrogens is 152 g/mol. The van der Waals surface area contributed by atoms with Crippen molar-refractivity contribution in [3.05, 3.63) is 0 Å². The molecule has 74 valence electrons. The third-order valence-corrected chi connectivity index (χ3v) is 2.11. The molecule has 2 N–H and O–H groups in total. The van der Waals surface area contributed by atoms with Gasteiger partial charge in [-0.05, 0) is 33.1 Å². The van der Waals surface area contributed by atoms with E-state index in [0.29, 0.717) is 0 Å². The summed E-state index contributed by atoms with van der Waals surface area (Å²) in [6, 6.07) is 0.268. The molecule has 0 aromatic carbocycles. The Kier molecular flexibility index (Phi) is 7.45. The minimum absolute atomic E-state index is 0.241. The molecule has 0 amide bonds. The topological polar surface area (TPSA) is 35.5 Å². The number of likely N-dealkylation sites (N-methyl/N-ethyl adjacent to an activating group) is 1. The largest absolute Gasteiger partial charge is 0.395 e. The average molecular weight is 174 g/mol. The van der Waals surface area contributed by atoms with Crippen LogP contribution in [0.1, 0.15) is 20.3 Å². The van der Waals surface area contributed by atoms with E-state index in [4.69, 9.17) is 5.11 Å². The molecule has 3 nitrogen and oxygen atoms in total. The van der Waals surface area contributed by atoms with Gasteiger partial charge in [-0.15, -0.1) is 0 Å². The molecule has 1 unspecified atom stereocenters. The second-order valence-corrected chi connectivity index (χ2v) is 3.12. The van der Waals surface area contributed by atoms with E-state index in [9.17, 15) is 0 Å². The molecule has 0 aliphatic rings. The molecule has 1 atom stereocenters. The number of rotatable bonds is 7. The Labute approximate surface area is 75.8 Å². The molecule has 0 saturated carbocycles. The van der Waals surface area contributed by atoms with E-state index in [2.05, 4.69) is 31.1 Å². The van der Waals surface area contributed by atoms with E-state index < -0.39 is 0 Å². The van der Waals surface area contributed by atoms with Crippen molar-refractivity contribution >= 4 is 0 Å². The molecule has 12 heavy (non-hydrogen) atoms. The van der Waals surface area contributed by atoms with Crippen molar-refractivity contribution in [2.24, 2.45) is 0 Å². The van der Waals surface area contributed by atoms with Crippen LogP contribution < -0.4 is 5.32 Å². The lowest BCUT2D eigenvalue weighted by Crippen LogP contribution is -2.35. The van der Waals surface area contributed by atoms with Gasteiger partial charge in [-0.25, -0.2) is 0 Å². The van der Waals surface area contributed by atoms with Gasteiger partial charge in [0.1, 0.15) is 0 Å². The SMILES string of the molecule is CCNC(CO)CCN(C)CC. The van der Waals surface area contributed by atoms with Crippen LogP contribution in [0, 0.1) is 0 Å². The van der Waals surface area contributed by atoms with E-state index in [0.717, 1.165) is 26.1 Å². The Hall–Kier alpha value is -0.120. The quantitative estimate of drug-likeness (QED) is 0.582. The molecule has 0 rings (SSSR count). The highest BCUT2D eigenvalue weighted by Gasteiger charge is 2.05. The highest BCUT2D eigenvalue weighted by atomic mass is 16.3. The molecule has 3 heteroatoms. The van der Waals surface area contributed by atoms with E-state index >= 15 is 0 Å².